The summed E-state index contributed by atoms with van der Waals surface area (Å²) >= 11 is 2.50. The van der Waals surface area contributed by atoms with Crippen molar-refractivity contribution in [3.8, 4) is 0 Å². The maximum absolute atomic E-state index is 14.0. The summed E-state index contributed by atoms with van der Waals surface area (Å²) in [7, 11) is 1.28. The lowest BCUT2D eigenvalue weighted by atomic mass is 10.0. The van der Waals surface area contributed by atoms with Crippen LogP contribution in [-0.4, -0.2) is 57.8 Å². The van der Waals surface area contributed by atoms with Crippen molar-refractivity contribution in [3.63, 3.8) is 0 Å². The molecule has 1 aromatic carbocycles. The molecule has 156 valence electrons. The van der Waals surface area contributed by atoms with Crippen molar-refractivity contribution in [1.82, 2.24) is 10.2 Å². The van der Waals surface area contributed by atoms with E-state index in [1.807, 2.05) is 0 Å². The second kappa shape index (κ2) is 7.73. The average molecular weight is 449 g/mol. The number of aliphatic carboxylic acids is 1. The predicted octanol–water partition coefficient (Wildman–Crippen LogP) is 2.15. The molecule has 11 heteroatoms. The standard InChI is InChI=1S/C19H16FN3O5S2/c1-8-6-30-18-13(17(25)23(18)14(8)19(26)27)21-16(24)12(22-28-2)10-7-29-15-9(10)4-3-5-11(15)20/h3-5,7,13,18H,6H2,1-2H3,(H,21,24)(H,26,27)/t13?,18-/m1/s1. The van der Waals surface area contributed by atoms with Crippen molar-refractivity contribution >= 4 is 56.7 Å². The van der Waals surface area contributed by atoms with E-state index in [9.17, 15) is 23.9 Å². The number of benzene rings is 1. The summed E-state index contributed by atoms with van der Waals surface area (Å²) < 4.78 is 14.4. The highest BCUT2D eigenvalue weighted by Gasteiger charge is 2.54. The van der Waals surface area contributed by atoms with E-state index in [-0.39, 0.29) is 11.4 Å². The molecule has 2 atom stereocenters. The fraction of sp³-hybridized carbons (Fsp3) is 0.263. The monoisotopic (exact) mass is 449 g/mol. The molecule has 0 aliphatic carbocycles. The number of rotatable bonds is 5. The van der Waals surface area contributed by atoms with Crippen molar-refractivity contribution in [3.05, 3.63) is 46.2 Å². The van der Waals surface area contributed by atoms with E-state index >= 15 is 0 Å². The molecule has 2 aliphatic heterocycles. The van der Waals surface area contributed by atoms with E-state index < -0.39 is 35.0 Å². The molecule has 1 saturated heterocycles. The van der Waals surface area contributed by atoms with Crippen LogP contribution in [-0.2, 0) is 19.2 Å². The summed E-state index contributed by atoms with van der Waals surface area (Å²) in [5, 5.41) is 17.4. The first-order valence-corrected chi connectivity index (χ1v) is 10.7. The highest BCUT2D eigenvalue weighted by molar-refractivity contribution is 8.00. The van der Waals surface area contributed by atoms with Gasteiger partial charge in [-0.15, -0.1) is 23.1 Å². The molecule has 0 radical (unpaired) electrons. The van der Waals surface area contributed by atoms with Gasteiger partial charge in [0.2, 0.25) is 0 Å². The van der Waals surface area contributed by atoms with Crippen molar-refractivity contribution in [2.75, 3.05) is 12.9 Å². The number of nitrogens with one attached hydrogen (secondary N) is 1. The fourth-order valence-corrected chi connectivity index (χ4v) is 5.75. The molecule has 1 unspecified atom stereocenters. The van der Waals surface area contributed by atoms with Gasteiger partial charge in [0.1, 0.15) is 30.0 Å². The van der Waals surface area contributed by atoms with Crippen LogP contribution < -0.4 is 5.32 Å². The largest absolute Gasteiger partial charge is 0.477 e. The zero-order valence-electron chi connectivity index (χ0n) is 15.8. The first-order valence-electron chi connectivity index (χ1n) is 8.81. The summed E-state index contributed by atoms with van der Waals surface area (Å²) in [4.78, 5) is 43.1. The topological polar surface area (TPSA) is 108 Å². The Kier molecular flexibility index (Phi) is 5.24. The molecule has 2 aromatic rings. The molecule has 4 rings (SSSR count). The average Bonchev–Trinajstić information content (AvgIpc) is 3.14. The predicted molar refractivity (Wildman–Crippen MR) is 111 cm³/mol. The van der Waals surface area contributed by atoms with Crippen molar-refractivity contribution in [2.24, 2.45) is 5.16 Å². The summed E-state index contributed by atoms with van der Waals surface area (Å²) in [5.41, 5.74) is 0.844. The third kappa shape index (κ3) is 3.14. The van der Waals surface area contributed by atoms with Gasteiger partial charge in [-0.05, 0) is 18.6 Å². The highest BCUT2D eigenvalue weighted by atomic mass is 32.2. The Morgan fingerprint density at radius 3 is 2.87 bits per heavy atom. The van der Waals surface area contributed by atoms with Gasteiger partial charge in [-0.25, -0.2) is 9.18 Å². The van der Waals surface area contributed by atoms with Gasteiger partial charge in [-0.3, -0.25) is 14.5 Å². The smallest absolute Gasteiger partial charge is 0.352 e. The van der Waals surface area contributed by atoms with Crippen molar-refractivity contribution in [1.29, 1.82) is 0 Å². The number of oxime groups is 1. The summed E-state index contributed by atoms with van der Waals surface area (Å²) in [5.74, 6) is -2.31. The number of β-lactam (4-membered cyclic amide) rings is 1. The lowest BCUT2D eigenvalue weighted by Crippen LogP contribution is -2.71. The quantitative estimate of drug-likeness (QED) is 0.411. The third-order valence-corrected chi connectivity index (χ3v) is 7.28. The number of hydrogen-bond donors (Lipinski definition) is 2. The molecule has 30 heavy (non-hydrogen) atoms. The van der Waals surface area contributed by atoms with Crippen LogP contribution in [0.2, 0.25) is 0 Å². The van der Waals surface area contributed by atoms with Crippen LogP contribution >= 0.6 is 23.1 Å². The van der Waals surface area contributed by atoms with Crippen molar-refractivity contribution < 1.29 is 28.7 Å². The molecule has 2 N–H and O–H groups in total. The Bertz CT molecular complexity index is 1140. The minimum Gasteiger partial charge on any atom is -0.477 e. The normalized spacial score (nSPS) is 21.4. The van der Waals surface area contributed by atoms with Gasteiger partial charge < -0.3 is 15.3 Å². The van der Waals surface area contributed by atoms with E-state index in [4.69, 9.17) is 4.84 Å². The third-order valence-electron chi connectivity index (χ3n) is 4.85. The Morgan fingerprint density at radius 1 is 1.40 bits per heavy atom. The number of halogens is 1. The van der Waals surface area contributed by atoms with Crippen LogP contribution in [0.25, 0.3) is 10.1 Å². The number of thiophene rings is 1. The van der Waals surface area contributed by atoms with Crippen LogP contribution in [0.5, 0.6) is 0 Å². The highest BCUT2D eigenvalue weighted by Crippen LogP contribution is 2.40. The molecule has 1 fully saturated rings. The second-order valence-corrected chi connectivity index (χ2v) is 8.67. The van der Waals surface area contributed by atoms with Gasteiger partial charge in [0, 0.05) is 22.1 Å². The number of thioether (sulfide) groups is 1. The lowest BCUT2D eigenvalue weighted by molar-refractivity contribution is -0.150. The maximum atomic E-state index is 14.0. The SMILES string of the molecule is CON=C(C(=O)NC1C(=O)N2C(C(=O)O)=C(C)CS[C@H]12)c1csc2c(F)cccc12. The van der Waals surface area contributed by atoms with Gasteiger partial charge >= 0.3 is 5.97 Å². The van der Waals surface area contributed by atoms with Gasteiger partial charge in [-0.1, -0.05) is 17.3 Å². The minimum atomic E-state index is -1.18. The number of amides is 2. The summed E-state index contributed by atoms with van der Waals surface area (Å²) in [6.07, 6.45) is 0. The van der Waals surface area contributed by atoms with E-state index in [0.717, 1.165) is 11.3 Å². The molecular weight excluding hydrogens is 433 g/mol. The first-order chi connectivity index (χ1) is 14.3. The molecule has 2 amide bonds. The zero-order valence-corrected chi connectivity index (χ0v) is 17.5. The van der Waals surface area contributed by atoms with E-state index in [2.05, 4.69) is 10.5 Å². The molecule has 0 bridgehead atoms. The zero-order chi connectivity index (χ0) is 21.6. The Balaban J connectivity index is 1.60. The van der Waals surface area contributed by atoms with E-state index in [0.29, 0.717) is 27.0 Å². The molecule has 1 aromatic heterocycles. The van der Waals surface area contributed by atoms with Gasteiger partial charge in [0.15, 0.2) is 5.71 Å². The number of carboxylic acid groups (broad SMARTS) is 1. The Hall–Kier alpha value is -2.92. The van der Waals surface area contributed by atoms with Gasteiger partial charge in [0.05, 0.1) is 4.70 Å². The molecule has 0 saturated carbocycles. The summed E-state index contributed by atoms with van der Waals surface area (Å²) in [6.45, 7) is 1.66. The maximum Gasteiger partial charge on any atom is 0.352 e. The molecular formula is C19H16FN3O5S2. The van der Waals surface area contributed by atoms with Crippen LogP contribution in [0.1, 0.15) is 12.5 Å². The van der Waals surface area contributed by atoms with E-state index in [1.165, 1.54) is 35.9 Å². The van der Waals surface area contributed by atoms with Crippen LogP contribution in [0.15, 0.2) is 40.0 Å². The minimum absolute atomic E-state index is 0.0423. The number of carboxylic acids is 1. The van der Waals surface area contributed by atoms with Gasteiger partial charge in [0.25, 0.3) is 11.8 Å². The van der Waals surface area contributed by atoms with E-state index in [1.54, 1.807) is 18.4 Å². The number of carbonyl (C=O) groups excluding carboxylic acids is 2. The van der Waals surface area contributed by atoms with Gasteiger partial charge in [-0.2, -0.15) is 0 Å². The van der Waals surface area contributed by atoms with Crippen LogP contribution in [0.3, 0.4) is 0 Å². The Morgan fingerprint density at radius 2 is 2.17 bits per heavy atom. The van der Waals surface area contributed by atoms with Crippen molar-refractivity contribution in [2.45, 2.75) is 18.3 Å². The lowest BCUT2D eigenvalue weighted by Gasteiger charge is -2.49. The summed E-state index contributed by atoms with van der Waals surface area (Å²) in [6, 6.07) is 3.63. The van der Waals surface area contributed by atoms with Crippen LogP contribution in [0.4, 0.5) is 4.39 Å². The molecule has 0 spiro atoms. The molecule has 8 nitrogen and oxygen atoms in total. The molecule has 3 heterocycles. The number of nitrogens with zero attached hydrogens (tertiary/aromatic N) is 2. The van der Waals surface area contributed by atoms with Crippen LogP contribution in [0, 0.1) is 5.82 Å². The second-order valence-electron chi connectivity index (χ2n) is 6.68. The number of fused-ring (bicyclic) bond motifs is 2. The molecule has 2 aliphatic rings. The number of carbonyl (C=O) groups is 3. The first kappa shape index (κ1) is 20.4. The fourth-order valence-electron chi connectivity index (χ4n) is 3.49. The number of hydrogen-bond acceptors (Lipinski definition) is 7. The Labute approximate surface area is 178 Å².